The molecule has 0 aliphatic carbocycles. The number of ether oxygens (including phenoxy) is 1. The van der Waals surface area contributed by atoms with Gasteiger partial charge in [0.2, 0.25) is 11.8 Å². The molecule has 0 bridgehead atoms. The molecular weight excluding hydrogens is 448 g/mol. The normalized spacial score (nSPS) is 17.8. The lowest BCUT2D eigenvalue weighted by atomic mass is 10.00. The first-order chi connectivity index (χ1) is 15.4. The lowest BCUT2D eigenvalue weighted by Gasteiger charge is -2.36. The Morgan fingerprint density at radius 2 is 1.91 bits per heavy atom. The summed E-state index contributed by atoms with van der Waals surface area (Å²) in [7, 11) is 1.32. The number of nitrogens with one attached hydrogen (secondary N) is 1. The van der Waals surface area contributed by atoms with Crippen LogP contribution >= 0.6 is 23.5 Å². The predicted molar refractivity (Wildman–Crippen MR) is 129 cm³/mol. The highest BCUT2D eigenvalue weighted by molar-refractivity contribution is 8.14. The summed E-state index contributed by atoms with van der Waals surface area (Å²) in [6.45, 7) is 1.89. The van der Waals surface area contributed by atoms with E-state index >= 15 is 0 Å². The number of carbonyl (C=O) groups excluding carboxylic acids is 4. The summed E-state index contributed by atoms with van der Waals surface area (Å²) in [4.78, 5) is 52.1. The molecule has 1 fully saturated rings. The molecule has 1 saturated heterocycles. The second-order valence-electron chi connectivity index (χ2n) is 7.70. The minimum Gasteiger partial charge on any atom is -0.467 e. The van der Waals surface area contributed by atoms with Crippen molar-refractivity contribution in [3.63, 3.8) is 0 Å². The number of thioether (sulfide) groups is 2. The van der Waals surface area contributed by atoms with E-state index in [0.717, 1.165) is 30.2 Å². The molecule has 3 atom stereocenters. The van der Waals surface area contributed by atoms with Gasteiger partial charge in [0.05, 0.1) is 12.4 Å². The number of methoxy groups -OCH3 is 1. The topological polar surface area (TPSA) is 92.8 Å². The number of piperidine rings is 1. The van der Waals surface area contributed by atoms with Crippen molar-refractivity contribution in [1.29, 1.82) is 0 Å². The molecule has 2 amide bonds. The predicted octanol–water partition coefficient (Wildman–Crippen LogP) is 2.67. The van der Waals surface area contributed by atoms with Gasteiger partial charge in [0, 0.05) is 13.5 Å². The number of carbonyl (C=O) groups is 4. The number of amides is 2. The molecule has 1 N–H and O–H groups in total. The molecule has 0 radical (unpaired) electrons. The molecule has 1 heterocycles. The van der Waals surface area contributed by atoms with Crippen molar-refractivity contribution in [2.45, 2.75) is 56.4 Å². The summed E-state index contributed by atoms with van der Waals surface area (Å²) in [5, 5.41) is 2.08. The van der Waals surface area contributed by atoms with Crippen molar-refractivity contribution >= 4 is 46.4 Å². The van der Waals surface area contributed by atoms with Gasteiger partial charge in [-0.3, -0.25) is 14.4 Å². The van der Waals surface area contributed by atoms with E-state index in [2.05, 4.69) is 5.32 Å². The Morgan fingerprint density at radius 1 is 1.19 bits per heavy atom. The van der Waals surface area contributed by atoms with Crippen molar-refractivity contribution in [3.8, 4) is 0 Å². The molecule has 1 aliphatic rings. The summed E-state index contributed by atoms with van der Waals surface area (Å²) in [6.07, 6.45) is 4.97. The highest BCUT2D eigenvalue weighted by Gasteiger charge is 2.37. The molecule has 0 aromatic heterocycles. The van der Waals surface area contributed by atoms with E-state index in [1.54, 1.807) is 16.7 Å². The molecule has 2 rings (SSSR count). The Bertz CT molecular complexity index is 790. The van der Waals surface area contributed by atoms with Crippen molar-refractivity contribution in [2.24, 2.45) is 0 Å². The fraction of sp³-hybridized carbons (Fsp3) is 0.565. The highest BCUT2D eigenvalue weighted by atomic mass is 32.2. The van der Waals surface area contributed by atoms with Crippen LogP contribution in [0.15, 0.2) is 30.3 Å². The van der Waals surface area contributed by atoms with Crippen molar-refractivity contribution in [1.82, 2.24) is 10.2 Å². The minimum absolute atomic E-state index is 0.158. The first kappa shape index (κ1) is 26.3. The molecule has 1 aliphatic heterocycles. The Labute approximate surface area is 198 Å². The van der Waals surface area contributed by atoms with Gasteiger partial charge in [0.15, 0.2) is 5.12 Å². The SMILES string of the molecule is COC(=O)C1CCCCN1C(=O)[C@H](CCSC)NC(=O)[C@H](Cc1ccccc1)SC(C)=O. The van der Waals surface area contributed by atoms with Gasteiger partial charge >= 0.3 is 5.97 Å². The summed E-state index contributed by atoms with van der Waals surface area (Å²) < 4.78 is 4.90. The zero-order chi connectivity index (χ0) is 23.5. The molecule has 1 aromatic rings. The molecule has 0 saturated carbocycles. The molecule has 9 heteroatoms. The zero-order valence-corrected chi connectivity index (χ0v) is 20.5. The molecule has 32 heavy (non-hydrogen) atoms. The molecular formula is C23H32N2O5S2. The van der Waals surface area contributed by atoms with Gasteiger partial charge in [-0.2, -0.15) is 11.8 Å². The van der Waals surface area contributed by atoms with Crippen LogP contribution in [0.2, 0.25) is 0 Å². The first-order valence-electron chi connectivity index (χ1n) is 10.8. The van der Waals surface area contributed by atoms with Crippen LogP contribution in [0.4, 0.5) is 0 Å². The van der Waals surface area contributed by atoms with Crippen LogP contribution in [0.5, 0.6) is 0 Å². The van der Waals surface area contributed by atoms with Gasteiger partial charge in [-0.1, -0.05) is 42.1 Å². The molecule has 1 unspecified atom stereocenters. The van der Waals surface area contributed by atoms with E-state index in [4.69, 9.17) is 4.74 Å². The van der Waals surface area contributed by atoms with Crippen LogP contribution in [-0.4, -0.2) is 70.8 Å². The lowest BCUT2D eigenvalue weighted by Crippen LogP contribution is -2.56. The quantitative estimate of drug-likeness (QED) is 0.515. The van der Waals surface area contributed by atoms with Crippen LogP contribution in [0, 0.1) is 0 Å². The maximum absolute atomic E-state index is 13.4. The van der Waals surface area contributed by atoms with Crippen molar-refractivity contribution in [3.05, 3.63) is 35.9 Å². The maximum Gasteiger partial charge on any atom is 0.328 e. The van der Waals surface area contributed by atoms with Gasteiger partial charge < -0.3 is 15.0 Å². The van der Waals surface area contributed by atoms with Crippen LogP contribution in [0.1, 0.15) is 38.2 Å². The number of nitrogens with zero attached hydrogens (tertiary/aromatic N) is 1. The van der Waals surface area contributed by atoms with Gasteiger partial charge in [-0.25, -0.2) is 4.79 Å². The fourth-order valence-electron chi connectivity index (χ4n) is 3.75. The van der Waals surface area contributed by atoms with E-state index < -0.39 is 23.3 Å². The largest absolute Gasteiger partial charge is 0.467 e. The van der Waals surface area contributed by atoms with Gasteiger partial charge in [0.25, 0.3) is 0 Å². The van der Waals surface area contributed by atoms with Gasteiger partial charge in [-0.15, -0.1) is 0 Å². The molecule has 176 valence electrons. The zero-order valence-electron chi connectivity index (χ0n) is 18.9. The number of hydrogen-bond acceptors (Lipinski definition) is 7. The van der Waals surface area contributed by atoms with Gasteiger partial charge in [-0.05, 0) is 49.7 Å². The summed E-state index contributed by atoms with van der Waals surface area (Å²) in [5.74, 6) is -0.368. The van der Waals surface area contributed by atoms with E-state index in [-0.39, 0.29) is 16.9 Å². The van der Waals surface area contributed by atoms with Crippen LogP contribution in [0.3, 0.4) is 0 Å². The third kappa shape index (κ3) is 7.85. The third-order valence-corrected chi connectivity index (χ3v) is 6.99. The summed E-state index contributed by atoms with van der Waals surface area (Å²) in [6, 6.07) is 8.10. The number of hydrogen-bond donors (Lipinski definition) is 1. The Morgan fingerprint density at radius 3 is 2.53 bits per heavy atom. The van der Waals surface area contributed by atoms with Crippen LogP contribution in [-0.2, 0) is 30.3 Å². The van der Waals surface area contributed by atoms with E-state index in [1.807, 2.05) is 36.6 Å². The molecule has 1 aromatic carbocycles. The summed E-state index contributed by atoms with van der Waals surface area (Å²) >= 11 is 2.55. The minimum atomic E-state index is -0.758. The third-order valence-electron chi connectivity index (χ3n) is 5.35. The standard InChI is InChI=1S/C23H32N2O5S2/c1-16(26)32-20(15-17-9-5-4-6-10-17)21(27)24-18(12-14-31-3)22(28)25-13-8-7-11-19(25)23(29)30-2/h4-6,9-10,18-20H,7-8,11-15H2,1-3H3,(H,24,27)/t18-,19?,20-/m0/s1. The number of likely N-dealkylation sites (tertiary alicyclic amines) is 1. The Kier molecular flexibility index (Phi) is 11.1. The van der Waals surface area contributed by atoms with E-state index in [1.165, 1.54) is 14.0 Å². The average Bonchev–Trinajstić information content (AvgIpc) is 2.80. The summed E-state index contributed by atoms with van der Waals surface area (Å²) in [5.41, 5.74) is 0.940. The van der Waals surface area contributed by atoms with Crippen LogP contribution < -0.4 is 5.32 Å². The van der Waals surface area contributed by atoms with Crippen LogP contribution in [0.25, 0.3) is 0 Å². The Hall–Kier alpha value is -2.00. The van der Waals surface area contributed by atoms with Crippen molar-refractivity contribution < 1.29 is 23.9 Å². The monoisotopic (exact) mass is 480 g/mol. The fourth-order valence-corrected chi connectivity index (χ4v) is 5.07. The molecule has 0 spiro atoms. The first-order valence-corrected chi connectivity index (χ1v) is 13.0. The van der Waals surface area contributed by atoms with E-state index in [0.29, 0.717) is 31.6 Å². The smallest absolute Gasteiger partial charge is 0.328 e. The van der Waals surface area contributed by atoms with E-state index in [9.17, 15) is 19.2 Å². The number of rotatable bonds is 10. The number of benzene rings is 1. The lowest BCUT2D eigenvalue weighted by molar-refractivity contribution is -0.155. The average molecular weight is 481 g/mol. The maximum atomic E-state index is 13.4. The second kappa shape index (κ2) is 13.5. The second-order valence-corrected chi connectivity index (χ2v) is 10.1. The Balaban J connectivity index is 2.18. The highest BCUT2D eigenvalue weighted by Crippen LogP contribution is 2.22. The molecule has 7 nitrogen and oxygen atoms in total. The van der Waals surface area contributed by atoms with Crippen molar-refractivity contribution in [2.75, 3.05) is 25.7 Å². The number of esters is 1. The van der Waals surface area contributed by atoms with Gasteiger partial charge in [0.1, 0.15) is 12.1 Å².